The molecule has 0 spiro atoms. The number of anilines is 2. The van der Waals surface area contributed by atoms with E-state index in [1.165, 1.54) is 17.4 Å². The van der Waals surface area contributed by atoms with Crippen molar-refractivity contribution >= 4 is 33.8 Å². The number of amides is 1. The van der Waals surface area contributed by atoms with Gasteiger partial charge >= 0.3 is 0 Å². The molecule has 0 radical (unpaired) electrons. The average Bonchev–Trinajstić information content (AvgIpc) is 2.92. The van der Waals surface area contributed by atoms with Crippen molar-refractivity contribution in [2.24, 2.45) is 5.92 Å². The first-order valence-electron chi connectivity index (χ1n) is 8.19. The Labute approximate surface area is 149 Å². The Morgan fingerprint density at radius 3 is 2.60 bits per heavy atom. The van der Waals surface area contributed by atoms with E-state index in [1.807, 2.05) is 18.7 Å². The Kier molecular flexibility index (Phi) is 4.98. The number of carbonyl (C=O) groups is 1. The molecule has 0 unspecified atom stereocenters. The van der Waals surface area contributed by atoms with Gasteiger partial charge in [-0.1, -0.05) is 12.1 Å². The molecule has 1 saturated heterocycles. The van der Waals surface area contributed by atoms with Crippen molar-refractivity contribution in [1.82, 2.24) is 4.98 Å². The molecule has 0 atom stereocenters. The highest BCUT2D eigenvalue weighted by Crippen LogP contribution is 2.31. The van der Waals surface area contributed by atoms with Gasteiger partial charge in [0.05, 0.1) is 10.6 Å². The molecule has 132 valence electrons. The number of hydrogen-bond acceptors (Lipinski definition) is 6. The Hall–Kier alpha value is -2.48. The van der Waals surface area contributed by atoms with Gasteiger partial charge in [0.2, 0.25) is 5.91 Å². The molecule has 1 aromatic carbocycles. The molecule has 3 rings (SSSR count). The number of rotatable bonds is 4. The first kappa shape index (κ1) is 17.3. The minimum Gasteiger partial charge on any atom is -0.366 e. The number of nitro groups is 1. The molecule has 0 saturated carbocycles. The fourth-order valence-corrected chi connectivity index (χ4v) is 3.82. The summed E-state index contributed by atoms with van der Waals surface area (Å²) in [7, 11) is 0. The highest BCUT2D eigenvalue weighted by Gasteiger charge is 2.28. The summed E-state index contributed by atoms with van der Waals surface area (Å²) in [6.45, 7) is 5.15. The monoisotopic (exact) mass is 360 g/mol. The number of aryl methyl sites for hydroxylation is 2. The lowest BCUT2D eigenvalue weighted by Crippen LogP contribution is -2.38. The van der Waals surface area contributed by atoms with Crippen molar-refractivity contribution in [2.45, 2.75) is 26.7 Å². The van der Waals surface area contributed by atoms with Gasteiger partial charge < -0.3 is 10.2 Å². The van der Waals surface area contributed by atoms with Crippen LogP contribution in [0.4, 0.5) is 16.5 Å². The number of carbonyl (C=O) groups excluding carboxylic acids is 1. The van der Waals surface area contributed by atoms with Crippen LogP contribution >= 0.6 is 11.3 Å². The standard InChI is InChI=1S/C17H20N4O3S/c1-11-12(2)25-17(18-11)19-16(22)13-7-9-20(10-8-13)14-5-3-4-6-15(14)21(23)24/h3-6,13H,7-10H2,1-2H3,(H,18,19,22). The van der Waals surface area contributed by atoms with E-state index >= 15 is 0 Å². The van der Waals surface area contributed by atoms with E-state index in [4.69, 9.17) is 0 Å². The Balaban J connectivity index is 1.62. The van der Waals surface area contributed by atoms with Crippen molar-refractivity contribution in [3.8, 4) is 0 Å². The first-order valence-corrected chi connectivity index (χ1v) is 9.00. The van der Waals surface area contributed by atoms with E-state index in [1.54, 1.807) is 18.2 Å². The van der Waals surface area contributed by atoms with Crippen LogP contribution in [0.5, 0.6) is 0 Å². The highest BCUT2D eigenvalue weighted by atomic mass is 32.1. The fourth-order valence-electron chi connectivity index (χ4n) is 3.00. The van der Waals surface area contributed by atoms with E-state index in [0.717, 1.165) is 10.6 Å². The normalized spacial score (nSPS) is 15.2. The third kappa shape index (κ3) is 3.79. The molecular formula is C17H20N4O3S. The zero-order chi connectivity index (χ0) is 18.0. The molecule has 0 aliphatic carbocycles. The number of aromatic nitrogens is 1. The Bertz CT molecular complexity index is 777. The lowest BCUT2D eigenvalue weighted by atomic mass is 9.95. The molecule has 25 heavy (non-hydrogen) atoms. The first-order chi connectivity index (χ1) is 12.0. The molecular weight excluding hydrogens is 340 g/mol. The minimum absolute atomic E-state index is 0.0176. The smallest absolute Gasteiger partial charge is 0.292 e. The van der Waals surface area contributed by atoms with Crippen molar-refractivity contribution in [2.75, 3.05) is 23.3 Å². The number of piperidine rings is 1. The van der Waals surface area contributed by atoms with Crippen LogP contribution in [-0.2, 0) is 4.79 Å². The van der Waals surface area contributed by atoms with E-state index in [9.17, 15) is 14.9 Å². The molecule has 1 N–H and O–H groups in total. The topological polar surface area (TPSA) is 88.4 Å². The lowest BCUT2D eigenvalue weighted by molar-refractivity contribution is -0.384. The molecule has 1 aliphatic rings. The van der Waals surface area contributed by atoms with E-state index < -0.39 is 0 Å². The van der Waals surface area contributed by atoms with Crippen molar-refractivity contribution in [3.05, 3.63) is 45.0 Å². The Morgan fingerprint density at radius 1 is 1.32 bits per heavy atom. The summed E-state index contributed by atoms with van der Waals surface area (Å²) in [4.78, 5) is 30.7. The van der Waals surface area contributed by atoms with Crippen LogP contribution in [0, 0.1) is 29.9 Å². The number of benzene rings is 1. The quantitative estimate of drug-likeness (QED) is 0.666. The molecule has 7 nitrogen and oxygen atoms in total. The van der Waals surface area contributed by atoms with Gasteiger partial charge in [0, 0.05) is 30.0 Å². The van der Waals surface area contributed by atoms with E-state index in [0.29, 0.717) is 36.8 Å². The van der Waals surface area contributed by atoms with Gasteiger partial charge in [-0.05, 0) is 32.8 Å². The Morgan fingerprint density at radius 2 is 2.00 bits per heavy atom. The van der Waals surface area contributed by atoms with Crippen LogP contribution in [0.15, 0.2) is 24.3 Å². The fraction of sp³-hybridized carbons (Fsp3) is 0.412. The largest absolute Gasteiger partial charge is 0.366 e. The number of nitrogens with one attached hydrogen (secondary N) is 1. The van der Waals surface area contributed by atoms with E-state index in [2.05, 4.69) is 10.3 Å². The average molecular weight is 360 g/mol. The van der Waals surface area contributed by atoms with Crippen LogP contribution < -0.4 is 10.2 Å². The van der Waals surface area contributed by atoms with Gasteiger partial charge in [-0.3, -0.25) is 14.9 Å². The maximum atomic E-state index is 12.4. The molecule has 2 aromatic rings. The zero-order valence-electron chi connectivity index (χ0n) is 14.2. The van der Waals surface area contributed by atoms with Gasteiger partial charge in [-0.2, -0.15) is 0 Å². The van der Waals surface area contributed by atoms with Gasteiger partial charge in [-0.15, -0.1) is 11.3 Å². The summed E-state index contributed by atoms with van der Waals surface area (Å²) in [5, 5.41) is 14.7. The molecule has 2 heterocycles. The second-order valence-corrected chi connectivity index (χ2v) is 7.36. The summed E-state index contributed by atoms with van der Waals surface area (Å²) >= 11 is 1.48. The number of nitro benzene ring substituents is 1. The molecule has 1 aliphatic heterocycles. The van der Waals surface area contributed by atoms with Crippen LogP contribution in [0.2, 0.25) is 0 Å². The van der Waals surface area contributed by atoms with Gasteiger partial charge in [0.15, 0.2) is 5.13 Å². The van der Waals surface area contributed by atoms with Crippen molar-refractivity contribution in [1.29, 1.82) is 0 Å². The van der Waals surface area contributed by atoms with Crippen molar-refractivity contribution < 1.29 is 9.72 Å². The van der Waals surface area contributed by atoms with Crippen molar-refractivity contribution in [3.63, 3.8) is 0 Å². The van der Waals surface area contributed by atoms with Crippen LogP contribution in [0.25, 0.3) is 0 Å². The summed E-state index contributed by atoms with van der Waals surface area (Å²) < 4.78 is 0. The molecule has 8 heteroatoms. The lowest BCUT2D eigenvalue weighted by Gasteiger charge is -2.32. The van der Waals surface area contributed by atoms with E-state index in [-0.39, 0.29) is 22.4 Å². The summed E-state index contributed by atoms with van der Waals surface area (Å²) in [6.07, 6.45) is 1.34. The number of nitrogens with zero attached hydrogens (tertiary/aromatic N) is 3. The van der Waals surface area contributed by atoms with Gasteiger partial charge in [-0.25, -0.2) is 4.98 Å². The SMILES string of the molecule is Cc1nc(NC(=O)C2CCN(c3ccccc3[N+](=O)[O-])CC2)sc1C. The summed E-state index contributed by atoms with van der Waals surface area (Å²) in [5.74, 6) is -0.112. The summed E-state index contributed by atoms with van der Waals surface area (Å²) in [5.41, 5.74) is 1.67. The van der Waals surface area contributed by atoms with Gasteiger partial charge in [0.25, 0.3) is 5.69 Å². The third-order valence-corrected chi connectivity index (χ3v) is 5.53. The maximum Gasteiger partial charge on any atom is 0.292 e. The van der Waals surface area contributed by atoms with Gasteiger partial charge in [0.1, 0.15) is 5.69 Å². The second kappa shape index (κ2) is 7.18. The second-order valence-electron chi connectivity index (χ2n) is 6.16. The molecule has 1 fully saturated rings. The number of hydrogen-bond donors (Lipinski definition) is 1. The predicted octanol–water partition coefficient (Wildman–Crippen LogP) is 3.52. The number of para-hydroxylation sites is 2. The van der Waals surface area contributed by atoms with Crippen LogP contribution in [0.1, 0.15) is 23.4 Å². The predicted molar refractivity (Wildman–Crippen MR) is 98.3 cm³/mol. The summed E-state index contributed by atoms with van der Waals surface area (Å²) in [6, 6.07) is 6.75. The van der Waals surface area contributed by atoms with Crippen LogP contribution in [-0.4, -0.2) is 28.9 Å². The molecule has 1 amide bonds. The molecule has 1 aromatic heterocycles. The zero-order valence-corrected chi connectivity index (χ0v) is 15.0. The maximum absolute atomic E-state index is 12.4. The highest BCUT2D eigenvalue weighted by molar-refractivity contribution is 7.15. The molecule has 0 bridgehead atoms. The minimum atomic E-state index is -0.360. The van der Waals surface area contributed by atoms with Crippen LogP contribution in [0.3, 0.4) is 0 Å². The third-order valence-electron chi connectivity index (χ3n) is 4.54. The number of thiazole rings is 1.